The van der Waals surface area contributed by atoms with Crippen LogP contribution < -0.4 is 4.90 Å². The lowest BCUT2D eigenvalue weighted by Crippen LogP contribution is -2.32. The van der Waals surface area contributed by atoms with E-state index in [1.54, 1.807) is 30.3 Å². The van der Waals surface area contributed by atoms with Gasteiger partial charge in [0, 0.05) is 17.8 Å². The van der Waals surface area contributed by atoms with Crippen molar-refractivity contribution in [3.05, 3.63) is 95.2 Å². The van der Waals surface area contributed by atoms with Gasteiger partial charge < -0.3 is 4.74 Å². The Morgan fingerprint density at radius 1 is 1.11 bits per heavy atom. The predicted octanol–water partition coefficient (Wildman–Crippen LogP) is 4.57. The number of aromatic nitrogens is 1. The van der Waals surface area contributed by atoms with Gasteiger partial charge in [-0.25, -0.2) is 18.6 Å². The number of hydrogen-bond acceptors (Lipinski definition) is 4. The summed E-state index contributed by atoms with van der Waals surface area (Å²) < 4.78 is 32.6. The standard InChI is InChI=1S/C21H15F2N3O2/c22-18-9-8-17(19(23)11-18)13-26(20-16(12-24)7-4-10-25-20)21(27)28-14-15-5-2-1-3-6-15/h1-11H,13-14H2. The van der Waals surface area contributed by atoms with Crippen LogP contribution in [0.3, 0.4) is 0 Å². The van der Waals surface area contributed by atoms with Crippen molar-refractivity contribution in [1.82, 2.24) is 4.98 Å². The van der Waals surface area contributed by atoms with E-state index in [2.05, 4.69) is 4.98 Å². The Bertz CT molecular complexity index is 1020. The molecule has 3 aromatic rings. The van der Waals surface area contributed by atoms with E-state index in [-0.39, 0.29) is 30.1 Å². The normalized spacial score (nSPS) is 10.2. The van der Waals surface area contributed by atoms with Crippen molar-refractivity contribution >= 4 is 11.9 Å². The lowest BCUT2D eigenvalue weighted by atomic mass is 10.2. The van der Waals surface area contributed by atoms with Crippen LogP contribution in [0, 0.1) is 23.0 Å². The molecule has 0 bridgehead atoms. The quantitative estimate of drug-likeness (QED) is 0.651. The van der Waals surface area contributed by atoms with Crippen LogP contribution in [0.15, 0.2) is 66.9 Å². The number of nitrogens with zero attached hydrogens (tertiary/aromatic N) is 3. The molecule has 2 aromatic carbocycles. The number of rotatable bonds is 5. The first-order chi connectivity index (χ1) is 13.6. The number of hydrogen-bond donors (Lipinski definition) is 0. The topological polar surface area (TPSA) is 66.2 Å². The molecule has 0 saturated carbocycles. The van der Waals surface area contributed by atoms with Crippen LogP contribution in [0.2, 0.25) is 0 Å². The van der Waals surface area contributed by atoms with E-state index in [1.165, 1.54) is 18.3 Å². The second kappa shape index (κ2) is 8.73. The van der Waals surface area contributed by atoms with E-state index < -0.39 is 17.7 Å². The first-order valence-corrected chi connectivity index (χ1v) is 8.35. The van der Waals surface area contributed by atoms with Gasteiger partial charge in [0.1, 0.15) is 24.3 Å². The fourth-order valence-corrected chi connectivity index (χ4v) is 2.54. The highest BCUT2D eigenvalue weighted by Crippen LogP contribution is 2.22. The second-order valence-electron chi connectivity index (χ2n) is 5.85. The van der Waals surface area contributed by atoms with Gasteiger partial charge in [-0.05, 0) is 23.8 Å². The number of benzene rings is 2. The maximum Gasteiger partial charge on any atom is 0.416 e. The third-order valence-electron chi connectivity index (χ3n) is 3.93. The van der Waals surface area contributed by atoms with E-state index in [0.717, 1.165) is 22.6 Å². The van der Waals surface area contributed by atoms with Gasteiger partial charge in [-0.2, -0.15) is 5.26 Å². The molecule has 1 aromatic heterocycles. The molecule has 0 fully saturated rings. The molecule has 0 aliphatic rings. The first kappa shape index (κ1) is 19.0. The Kier molecular flexibility index (Phi) is 5.92. The molecule has 0 atom stereocenters. The zero-order valence-corrected chi connectivity index (χ0v) is 14.7. The lowest BCUT2D eigenvalue weighted by Gasteiger charge is -2.22. The molecule has 3 rings (SSSR count). The minimum absolute atomic E-state index is 0.00318. The maximum atomic E-state index is 14.1. The van der Waals surface area contributed by atoms with E-state index in [0.29, 0.717) is 0 Å². The summed E-state index contributed by atoms with van der Waals surface area (Å²) >= 11 is 0. The molecule has 0 aliphatic carbocycles. The average Bonchev–Trinajstić information content (AvgIpc) is 2.72. The highest BCUT2D eigenvalue weighted by molar-refractivity contribution is 5.87. The summed E-state index contributed by atoms with van der Waals surface area (Å²) in [6.45, 7) is -0.276. The van der Waals surface area contributed by atoms with Crippen LogP contribution in [0.4, 0.5) is 19.4 Å². The Labute approximate surface area is 160 Å². The molecule has 28 heavy (non-hydrogen) atoms. The first-order valence-electron chi connectivity index (χ1n) is 8.35. The number of ether oxygens (including phenoxy) is 1. The van der Waals surface area contributed by atoms with Gasteiger partial charge in [-0.15, -0.1) is 0 Å². The van der Waals surface area contributed by atoms with Crippen molar-refractivity contribution in [3.63, 3.8) is 0 Å². The minimum atomic E-state index is -0.810. The molecule has 0 unspecified atom stereocenters. The summed E-state index contributed by atoms with van der Waals surface area (Å²) in [5.74, 6) is -1.50. The average molecular weight is 379 g/mol. The highest BCUT2D eigenvalue weighted by Gasteiger charge is 2.23. The second-order valence-corrected chi connectivity index (χ2v) is 5.85. The van der Waals surface area contributed by atoms with Gasteiger partial charge in [-0.3, -0.25) is 4.90 Å². The molecule has 140 valence electrons. The molecule has 0 aliphatic heterocycles. The third-order valence-corrected chi connectivity index (χ3v) is 3.93. The fraction of sp³-hybridized carbons (Fsp3) is 0.0952. The summed E-state index contributed by atoms with van der Waals surface area (Å²) in [4.78, 5) is 17.9. The van der Waals surface area contributed by atoms with Crippen LogP contribution in [-0.2, 0) is 17.9 Å². The van der Waals surface area contributed by atoms with E-state index in [1.807, 2.05) is 12.1 Å². The summed E-state index contributed by atoms with van der Waals surface area (Å²) in [6.07, 6.45) is 0.608. The number of nitriles is 1. The number of halogens is 2. The van der Waals surface area contributed by atoms with E-state index in [4.69, 9.17) is 4.74 Å². The number of carbonyl (C=O) groups excluding carboxylic acids is 1. The van der Waals surface area contributed by atoms with E-state index in [9.17, 15) is 18.8 Å². The molecule has 1 amide bonds. The fourth-order valence-electron chi connectivity index (χ4n) is 2.54. The number of amides is 1. The monoisotopic (exact) mass is 379 g/mol. The third kappa shape index (κ3) is 4.48. The predicted molar refractivity (Wildman–Crippen MR) is 98.1 cm³/mol. The molecule has 5 nitrogen and oxygen atoms in total. The van der Waals surface area contributed by atoms with Gasteiger partial charge in [0.25, 0.3) is 0 Å². The molecular weight excluding hydrogens is 364 g/mol. The maximum absolute atomic E-state index is 14.1. The van der Waals surface area contributed by atoms with Crippen molar-refractivity contribution in [3.8, 4) is 6.07 Å². The van der Waals surface area contributed by atoms with Crippen molar-refractivity contribution in [2.45, 2.75) is 13.2 Å². The van der Waals surface area contributed by atoms with Crippen molar-refractivity contribution in [2.75, 3.05) is 4.90 Å². The van der Waals surface area contributed by atoms with Crippen LogP contribution >= 0.6 is 0 Å². The zero-order chi connectivity index (χ0) is 19.9. The Morgan fingerprint density at radius 3 is 2.61 bits per heavy atom. The highest BCUT2D eigenvalue weighted by atomic mass is 19.1. The molecule has 1 heterocycles. The van der Waals surface area contributed by atoms with Gasteiger partial charge in [0.2, 0.25) is 0 Å². The molecule has 0 spiro atoms. The summed E-state index contributed by atoms with van der Waals surface area (Å²) in [7, 11) is 0. The molecule has 7 heteroatoms. The zero-order valence-electron chi connectivity index (χ0n) is 14.7. The van der Waals surface area contributed by atoms with Crippen LogP contribution in [0.25, 0.3) is 0 Å². The van der Waals surface area contributed by atoms with Gasteiger partial charge in [-0.1, -0.05) is 36.4 Å². The summed E-state index contributed by atoms with van der Waals surface area (Å²) in [5, 5.41) is 9.32. The number of pyridine rings is 1. The van der Waals surface area contributed by atoms with Crippen LogP contribution in [0.5, 0.6) is 0 Å². The lowest BCUT2D eigenvalue weighted by molar-refractivity contribution is 0.146. The Morgan fingerprint density at radius 2 is 1.89 bits per heavy atom. The van der Waals surface area contributed by atoms with Crippen LogP contribution in [0.1, 0.15) is 16.7 Å². The van der Waals surface area contributed by atoms with Crippen molar-refractivity contribution < 1.29 is 18.3 Å². The molecular formula is C21H15F2N3O2. The Hall–Kier alpha value is -3.79. The SMILES string of the molecule is N#Cc1cccnc1N(Cc1ccc(F)cc1F)C(=O)OCc1ccccc1. The van der Waals surface area contributed by atoms with Gasteiger partial charge >= 0.3 is 6.09 Å². The van der Waals surface area contributed by atoms with Gasteiger partial charge in [0.05, 0.1) is 12.1 Å². The largest absolute Gasteiger partial charge is 0.444 e. The van der Waals surface area contributed by atoms with Crippen LogP contribution in [-0.4, -0.2) is 11.1 Å². The summed E-state index contributed by atoms with van der Waals surface area (Å²) in [5.41, 5.74) is 0.958. The number of anilines is 1. The van der Waals surface area contributed by atoms with Gasteiger partial charge in [0.15, 0.2) is 5.82 Å². The van der Waals surface area contributed by atoms with Crippen molar-refractivity contribution in [2.24, 2.45) is 0 Å². The Balaban J connectivity index is 1.89. The van der Waals surface area contributed by atoms with E-state index >= 15 is 0 Å². The molecule has 0 saturated heterocycles. The summed E-state index contributed by atoms with van der Waals surface area (Å²) in [6, 6.07) is 17.1. The molecule has 0 N–H and O–H groups in total. The van der Waals surface area contributed by atoms with Crippen molar-refractivity contribution in [1.29, 1.82) is 5.26 Å². The number of carbonyl (C=O) groups is 1. The minimum Gasteiger partial charge on any atom is -0.444 e. The molecule has 0 radical (unpaired) electrons. The smallest absolute Gasteiger partial charge is 0.416 e.